The van der Waals surface area contributed by atoms with E-state index in [1.807, 2.05) is 0 Å². The Bertz CT molecular complexity index is 772. The minimum Gasteiger partial charge on any atom is -0.496 e. The summed E-state index contributed by atoms with van der Waals surface area (Å²) in [6.45, 7) is 0.237. The quantitative estimate of drug-likeness (QED) is 0.930. The largest absolute Gasteiger partial charge is 0.496 e. The molecule has 1 amide bonds. The van der Waals surface area contributed by atoms with E-state index in [-0.39, 0.29) is 29.3 Å². The van der Waals surface area contributed by atoms with Crippen molar-refractivity contribution in [2.45, 2.75) is 6.54 Å². The Morgan fingerprint density at radius 1 is 1.32 bits per heavy atom. The van der Waals surface area contributed by atoms with Gasteiger partial charge in [0.25, 0.3) is 11.5 Å². The first-order valence-electron chi connectivity index (χ1n) is 6.39. The van der Waals surface area contributed by atoms with Gasteiger partial charge in [-0.15, -0.1) is 0 Å². The van der Waals surface area contributed by atoms with Gasteiger partial charge in [0, 0.05) is 35.9 Å². The number of halogens is 2. The molecule has 2 rings (SSSR count). The summed E-state index contributed by atoms with van der Waals surface area (Å²) in [5, 5.41) is 3.74. The van der Waals surface area contributed by atoms with Crippen LogP contribution in [0.25, 0.3) is 0 Å². The molecule has 7 heteroatoms. The first kappa shape index (κ1) is 16.4. The van der Waals surface area contributed by atoms with E-state index in [4.69, 9.17) is 27.9 Å². The number of benzene rings is 1. The summed E-state index contributed by atoms with van der Waals surface area (Å²) in [5.74, 6) is -0.138. The van der Waals surface area contributed by atoms with Gasteiger partial charge in [0.2, 0.25) is 0 Å². The summed E-state index contributed by atoms with van der Waals surface area (Å²) in [5.41, 5.74) is 0.757. The van der Waals surface area contributed by atoms with Crippen LogP contribution >= 0.6 is 23.2 Å². The number of rotatable bonds is 4. The van der Waals surface area contributed by atoms with E-state index < -0.39 is 0 Å². The zero-order valence-corrected chi connectivity index (χ0v) is 13.5. The number of methoxy groups -OCH3 is 1. The molecule has 0 aliphatic heterocycles. The zero-order valence-electron chi connectivity index (χ0n) is 12.0. The van der Waals surface area contributed by atoms with Gasteiger partial charge in [-0.25, -0.2) is 0 Å². The molecule has 1 N–H and O–H groups in total. The molecule has 0 atom stereocenters. The first-order chi connectivity index (χ1) is 10.4. The fourth-order valence-corrected chi connectivity index (χ4v) is 2.36. The zero-order chi connectivity index (χ0) is 16.3. The summed E-state index contributed by atoms with van der Waals surface area (Å²) >= 11 is 11.9. The Morgan fingerprint density at radius 2 is 2.05 bits per heavy atom. The number of hydrogen-bond donors (Lipinski definition) is 1. The molecule has 22 heavy (non-hydrogen) atoms. The molecule has 1 aromatic carbocycles. The van der Waals surface area contributed by atoms with Gasteiger partial charge in [-0.3, -0.25) is 9.59 Å². The van der Waals surface area contributed by atoms with Gasteiger partial charge >= 0.3 is 0 Å². The van der Waals surface area contributed by atoms with Crippen LogP contribution < -0.4 is 15.6 Å². The molecule has 0 bridgehead atoms. The van der Waals surface area contributed by atoms with Crippen molar-refractivity contribution in [1.82, 2.24) is 9.88 Å². The molecule has 0 radical (unpaired) electrons. The molecule has 116 valence electrons. The number of nitrogens with zero attached hydrogens (tertiary/aromatic N) is 1. The van der Waals surface area contributed by atoms with Crippen molar-refractivity contribution < 1.29 is 9.53 Å². The average Bonchev–Trinajstić information content (AvgIpc) is 2.48. The van der Waals surface area contributed by atoms with Crippen LogP contribution in [0.5, 0.6) is 5.75 Å². The topological polar surface area (TPSA) is 60.3 Å². The minimum atomic E-state index is -0.363. The Balaban J connectivity index is 2.19. The number of pyridine rings is 1. The predicted molar refractivity (Wildman–Crippen MR) is 85.9 cm³/mol. The standard InChI is InChI=1S/C15H14Cl2N2O3/c1-19-8-11(13(22-2)6-14(19)20)15(21)18-7-9-3-4-10(16)5-12(9)17/h3-6,8H,7H2,1-2H3,(H,18,21). The fourth-order valence-electron chi connectivity index (χ4n) is 1.89. The van der Waals surface area contributed by atoms with Gasteiger partial charge in [-0.2, -0.15) is 0 Å². The number of ether oxygens (including phenoxy) is 1. The molecule has 0 saturated carbocycles. The van der Waals surface area contributed by atoms with E-state index in [0.29, 0.717) is 10.0 Å². The van der Waals surface area contributed by atoms with Gasteiger partial charge in [-0.05, 0) is 17.7 Å². The second kappa shape index (κ2) is 6.85. The van der Waals surface area contributed by atoms with E-state index in [0.717, 1.165) is 5.56 Å². The number of hydrogen-bond acceptors (Lipinski definition) is 3. The van der Waals surface area contributed by atoms with E-state index in [2.05, 4.69) is 5.32 Å². The highest BCUT2D eigenvalue weighted by atomic mass is 35.5. The maximum atomic E-state index is 12.3. The summed E-state index contributed by atoms with van der Waals surface area (Å²) in [4.78, 5) is 23.8. The highest BCUT2D eigenvalue weighted by molar-refractivity contribution is 6.35. The number of amides is 1. The van der Waals surface area contributed by atoms with E-state index in [1.165, 1.54) is 23.9 Å². The monoisotopic (exact) mass is 340 g/mol. The van der Waals surface area contributed by atoms with Crippen LogP contribution in [0.4, 0.5) is 0 Å². The van der Waals surface area contributed by atoms with Crippen molar-refractivity contribution in [3.8, 4) is 5.75 Å². The van der Waals surface area contributed by atoms with Crippen LogP contribution in [-0.4, -0.2) is 17.6 Å². The lowest BCUT2D eigenvalue weighted by Crippen LogP contribution is -2.26. The minimum absolute atomic E-state index is 0.225. The summed E-state index contributed by atoms with van der Waals surface area (Å²) in [6.07, 6.45) is 1.43. The molecule has 0 aliphatic carbocycles. The molecule has 0 saturated heterocycles. The fraction of sp³-hybridized carbons (Fsp3) is 0.200. The number of aromatic nitrogens is 1. The van der Waals surface area contributed by atoms with Crippen LogP contribution in [0.1, 0.15) is 15.9 Å². The number of carbonyl (C=O) groups is 1. The third-order valence-corrected chi connectivity index (χ3v) is 3.70. The predicted octanol–water partition coefficient (Wildman–Crippen LogP) is 2.63. The lowest BCUT2D eigenvalue weighted by molar-refractivity contribution is 0.0947. The third kappa shape index (κ3) is 3.61. The van der Waals surface area contributed by atoms with Crippen LogP contribution in [0.2, 0.25) is 10.0 Å². The summed E-state index contributed by atoms with van der Waals surface area (Å²) in [7, 11) is 2.97. The Hall–Kier alpha value is -1.98. The Kier molecular flexibility index (Phi) is 5.11. The molecule has 0 fully saturated rings. The molecular weight excluding hydrogens is 327 g/mol. The smallest absolute Gasteiger partial charge is 0.256 e. The van der Waals surface area contributed by atoms with Gasteiger partial charge in [0.05, 0.1) is 12.7 Å². The normalized spacial score (nSPS) is 10.4. The number of nitrogens with one attached hydrogen (secondary N) is 1. The first-order valence-corrected chi connectivity index (χ1v) is 7.14. The number of aryl methyl sites for hydroxylation is 1. The molecule has 0 aliphatic rings. The summed E-state index contributed by atoms with van der Waals surface area (Å²) in [6, 6.07) is 6.31. The van der Waals surface area contributed by atoms with Crippen LogP contribution in [-0.2, 0) is 13.6 Å². The molecule has 1 aromatic heterocycles. The van der Waals surface area contributed by atoms with Crippen molar-refractivity contribution in [3.05, 3.63) is 62.0 Å². The molecular formula is C15H14Cl2N2O3. The highest BCUT2D eigenvalue weighted by Gasteiger charge is 2.14. The van der Waals surface area contributed by atoms with Gasteiger partial charge in [-0.1, -0.05) is 29.3 Å². The second-order valence-corrected chi connectivity index (χ2v) is 5.47. The van der Waals surface area contributed by atoms with Crippen molar-refractivity contribution in [3.63, 3.8) is 0 Å². The van der Waals surface area contributed by atoms with Crippen molar-refractivity contribution in [2.24, 2.45) is 7.05 Å². The molecule has 2 aromatic rings. The molecule has 1 heterocycles. The Morgan fingerprint density at radius 3 is 2.68 bits per heavy atom. The SMILES string of the molecule is COc1cc(=O)n(C)cc1C(=O)NCc1ccc(Cl)cc1Cl. The van der Waals surface area contributed by atoms with Crippen molar-refractivity contribution in [1.29, 1.82) is 0 Å². The van der Waals surface area contributed by atoms with Gasteiger partial charge < -0.3 is 14.6 Å². The lowest BCUT2D eigenvalue weighted by Gasteiger charge is -2.11. The molecule has 5 nitrogen and oxygen atoms in total. The van der Waals surface area contributed by atoms with E-state index in [1.54, 1.807) is 25.2 Å². The van der Waals surface area contributed by atoms with Crippen LogP contribution in [0, 0.1) is 0 Å². The molecule has 0 unspecified atom stereocenters. The third-order valence-electron chi connectivity index (χ3n) is 3.11. The van der Waals surface area contributed by atoms with Crippen molar-refractivity contribution in [2.75, 3.05) is 7.11 Å². The van der Waals surface area contributed by atoms with Crippen molar-refractivity contribution >= 4 is 29.1 Å². The molecule has 0 spiro atoms. The Labute approximate surface area is 137 Å². The van der Waals surface area contributed by atoms with Gasteiger partial charge in [0.1, 0.15) is 5.75 Å². The lowest BCUT2D eigenvalue weighted by atomic mass is 10.2. The maximum Gasteiger partial charge on any atom is 0.256 e. The van der Waals surface area contributed by atoms with Crippen LogP contribution in [0.3, 0.4) is 0 Å². The second-order valence-electron chi connectivity index (χ2n) is 4.62. The van der Waals surface area contributed by atoms with E-state index in [9.17, 15) is 9.59 Å². The number of carbonyl (C=O) groups excluding carboxylic acids is 1. The maximum absolute atomic E-state index is 12.3. The summed E-state index contributed by atoms with van der Waals surface area (Å²) < 4.78 is 6.39. The average molecular weight is 341 g/mol. The van der Waals surface area contributed by atoms with Crippen LogP contribution in [0.15, 0.2) is 35.3 Å². The highest BCUT2D eigenvalue weighted by Crippen LogP contribution is 2.21. The van der Waals surface area contributed by atoms with E-state index >= 15 is 0 Å². The van der Waals surface area contributed by atoms with Gasteiger partial charge in [0.15, 0.2) is 0 Å².